The van der Waals surface area contributed by atoms with Gasteiger partial charge >= 0.3 is 0 Å². The van der Waals surface area contributed by atoms with E-state index >= 15 is 0 Å². The minimum Gasteiger partial charge on any atom is -0.0616 e. The molecular weight excluding hydrogens is 504 g/mol. The summed E-state index contributed by atoms with van der Waals surface area (Å²) in [5.41, 5.74) is 0. The summed E-state index contributed by atoms with van der Waals surface area (Å²) in [7, 11) is 0. The van der Waals surface area contributed by atoms with Crippen molar-refractivity contribution in [3.63, 3.8) is 0 Å². The van der Waals surface area contributed by atoms with Crippen LogP contribution in [-0.4, -0.2) is 0 Å². The van der Waals surface area contributed by atoms with Crippen LogP contribution in [0.2, 0.25) is 0 Å². The van der Waals surface area contributed by atoms with Crippen molar-refractivity contribution in [2.24, 2.45) is 0 Å². The maximum Gasteiger partial charge on any atom is -0.00988 e. The normalized spacial score (nSPS) is 12.3. The van der Waals surface area contributed by atoms with Gasteiger partial charge in [0, 0.05) is 0 Å². The lowest BCUT2D eigenvalue weighted by atomic mass is 9.93. The van der Waals surface area contributed by atoms with E-state index in [2.05, 4.69) is 146 Å². The van der Waals surface area contributed by atoms with Gasteiger partial charge < -0.3 is 0 Å². The fourth-order valence-electron chi connectivity index (χ4n) is 7.20. The minimum absolute atomic E-state index is 1.28. The van der Waals surface area contributed by atoms with Crippen LogP contribution >= 0.6 is 0 Å². The third kappa shape index (κ3) is 3.24. The van der Waals surface area contributed by atoms with Crippen molar-refractivity contribution in [3.05, 3.63) is 146 Å². The second-order valence-corrected chi connectivity index (χ2v) is 11.9. The fourth-order valence-corrected chi connectivity index (χ4v) is 7.20. The molecule has 0 heteroatoms. The van der Waals surface area contributed by atoms with Crippen LogP contribution in [0.4, 0.5) is 0 Å². The smallest absolute Gasteiger partial charge is 0.00988 e. The average Bonchev–Trinajstić information content (AvgIpc) is 3.01. The van der Waals surface area contributed by atoms with Crippen LogP contribution in [-0.2, 0) is 0 Å². The van der Waals surface area contributed by atoms with Gasteiger partial charge in [0.1, 0.15) is 0 Å². The molecule has 0 spiro atoms. The van der Waals surface area contributed by atoms with Gasteiger partial charge in [-0.2, -0.15) is 0 Å². The Morgan fingerprint density at radius 3 is 0.667 bits per heavy atom. The predicted molar refractivity (Wildman–Crippen MR) is 184 cm³/mol. The van der Waals surface area contributed by atoms with E-state index in [0.717, 1.165) is 0 Å². The lowest BCUT2D eigenvalue weighted by Gasteiger charge is -2.11. The van der Waals surface area contributed by atoms with E-state index in [1.165, 1.54) is 97.0 Å². The zero-order chi connectivity index (χ0) is 27.4. The summed E-state index contributed by atoms with van der Waals surface area (Å²) in [5, 5.41) is 23.2. The molecule has 0 saturated heterocycles. The summed E-state index contributed by atoms with van der Waals surface area (Å²) < 4.78 is 0. The molecule has 0 bridgehead atoms. The lowest BCUT2D eigenvalue weighted by molar-refractivity contribution is 1.79. The summed E-state index contributed by atoms with van der Waals surface area (Å²) in [4.78, 5) is 0. The Hall–Kier alpha value is -5.46. The van der Waals surface area contributed by atoms with Gasteiger partial charge in [0.25, 0.3) is 0 Å². The number of hydrogen-bond acceptors (Lipinski definition) is 0. The van der Waals surface area contributed by atoms with E-state index in [1.807, 2.05) is 0 Å². The monoisotopic (exact) mass is 528 g/mol. The van der Waals surface area contributed by atoms with Gasteiger partial charge in [-0.05, 0) is 182 Å². The van der Waals surface area contributed by atoms with Gasteiger partial charge in [0.05, 0.1) is 0 Å². The van der Waals surface area contributed by atoms with E-state index < -0.39 is 0 Å². The number of hydrogen-bond donors (Lipinski definition) is 0. The molecule has 10 aromatic carbocycles. The van der Waals surface area contributed by atoms with Gasteiger partial charge in [-0.15, -0.1) is 0 Å². The van der Waals surface area contributed by atoms with Gasteiger partial charge in [-0.25, -0.2) is 0 Å². The third-order valence-corrected chi connectivity index (χ3v) is 9.35. The topological polar surface area (TPSA) is 0 Å². The molecule has 0 aliphatic carbocycles. The quantitative estimate of drug-likeness (QED) is 0.136. The van der Waals surface area contributed by atoms with Gasteiger partial charge in [-0.1, -0.05) is 60.7 Å². The van der Waals surface area contributed by atoms with Crippen LogP contribution in [0.15, 0.2) is 146 Å². The first kappa shape index (κ1) is 22.3. The Kier molecular flexibility index (Phi) is 4.27. The van der Waals surface area contributed by atoms with Gasteiger partial charge in [0.15, 0.2) is 0 Å². The Labute approximate surface area is 242 Å². The Morgan fingerprint density at radius 2 is 0.381 bits per heavy atom. The molecule has 0 unspecified atom stereocenters. The van der Waals surface area contributed by atoms with E-state index in [9.17, 15) is 0 Å². The van der Waals surface area contributed by atoms with Crippen molar-refractivity contribution < 1.29 is 0 Å². The van der Waals surface area contributed by atoms with Crippen LogP contribution < -0.4 is 0 Å². The molecule has 0 radical (unpaired) electrons. The summed E-state index contributed by atoms with van der Waals surface area (Å²) in [5.74, 6) is 0. The maximum atomic E-state index is 2.40. The van der Waals surface area contributed by atoms with Gasteiger partial charge in [-0.3, -0.25) is 0 Å². The van der Waals surface area contributed by atoms with Crippen molar-refractivity contribution in [2.45, 2.75) is 0 Å². The summed E-state index contributed by atoms with van der Waals surface area (Å²) in [6.07, 6.45) is 0. The second kappa shape index (κ2) is 8.06. The van der Waals surface area contributed by atoms with Gasteiger partial charge in [0.2, 0.25) is 0 Å². The van der Waals surface area contributed by atoms with Crippen molar-refractivity contribution in [1.29, 1.82) is 0 Å². The number of fused-ring (bicyclic) bond motifs is 10. The highest BCUT2D eigenvalue weighted by molar-refractivity contribution is 6.18. The SMILES string of the molecule is c1ccc2cc3cc4cc5cc6c(ccc7cc8cc9cc%10ccccc%10cc9cc8cc76)cc5cc4cc3cc2c1. The highest BCUT2D eigenvalue weighted by Crippen LogP contribution is 2.36. The van der Waals surface area contributed by atoms with Crippen molar-refractivity contribution in [1.82, 2.24) is 0 Å². The zero-order valence-corrected chi connectivity index (χ0v) is 22.9. The van der Waals surface area contributed by atoms with Crippen LogP contribution in [0.3, 0.4) is 0 Å². The molecule has 0 aromatic heterocycles. The molecule has 192 valence electrons. The molecule has 0 atom stereocenters. The maximum absolute atomic E-state index is 2.40. The third-order valence-electron chi connectivity index (χ3n) is 9.35. The molecule has 0 amide bonds. The summed E-state index contributed by atoms with van der Waals surface area (Å²) in [6, 6.07) is 54.8. The second-order valence-electron chi connectivity index (χ2n) is 11.9. The van der Waals surface area contributed by atoms with Crippen molar-refractivity contribution >= 4 is 97.0 Å². The minimum atomic E-state index is 1.28. The van der Waals surface area contributed by atoms with E-state index in [1.54, 1.807) is 0 Å². The predicted octanol–water partition coefficient (Wildman–Crippen LogP) is 12.1. The first-order chi connectivity index (χ1) is 20.7. The zero-order valence-electron chi connectivity index (χ0n) is 22.9. The van der Waals surface area contributed by atoms with Crippen molar-refractivity contribution in [3.8, 4) is 0 Å². The molecular formula is C42H24. The Bertz CT molecular complexity index is 2740. The first-order valence-corrected chi connectivity index (χ1v) is 14.6. The van der Waals surface area contributed by atoms with Crippen molar-refractivity contribution in [2.75, 3.05) is 0 Å². The molecule has 10 rings (SSSR count). The molecule has 0 N–H and O–H groups in total. The van der Waals surface area contributed by atoms with Crippen LogP contribution in [0, 0.1) is 0 Å². The van der Waals surface area contributed by atoms with Crippen LogP contribution in [0.5, 0.6) is 0 Å². The van der Waals surface area contributed by atoms with Crippen LogP contribution in [0.1, 0.15) is 0 Å². The van der Waals surface area contributed by atoms with E-state index in [0.29, 0.717) is 0 Å². The number of benzene rings is 10. The molecule has 10 aromatic rings. The highest BCUT2D eigenvalue weighted by Gasteiger charge is 2.09. The molecule has 0 saturated carbocycles. The Morgan fingerprint density at radius 1 is 0.167 bits per heavy atom. The molecule has 0 aliphatic rings. The molecule has 0 nitrogen and oxygen atoms in total. The van der Waals surface area contributed by atoms with E-state index in [-0.39, 0.29) is 0 Å². The summed E-state index contributed by atoms with van der Waals surface area (Å²) in [6.45, 7) is 0. The molecule has 0 fully saturated rings. The highest BCUT2D eigenvalue weighted by atomic mass is 14.1. The Balaban J connectivity index is 1.21. The molecule has 0 heterocycles. The fraction of sp³-hybridized carbons (Fsp3) is 0. The van der Waals surface area contributed by atoms with Crippen LogP contribution in [0.25, 0.3) is 97.0 Å². The largest absolute Gasteiger partial charge is 0.0616 e. The molecule has 0 aliphatic heterocycles. The van der Waals surface area contributed by atoms with E-state index in [4.69, 9.17) is 0 Å². The lowest BCUT2D eigenvalue weighted by Crippen LogP contribution is -1.84. The standard InChI is InChI=1S/C42H24/c1-2-7-27-13-33-19-38-22-40-24-42-30(16-36(40)20-37(38)18-32(33)12-26(27)6-1)10-9-29-15-35-17-31-11-25-5-3-4-8-28(25)14-34(31)21-39(35)23-41(29)42/h1-24H. The first-order valence-electron chi connectivity index (χ1n) is 14.6. The molecule has 42 heavy (non-hydrogen) atoms. The average molecular weight is 529 g/mol. The summed E-state index contributed by atoms with van der Waals surface area (Å²) >= 11 is 0. The number of rotatable bonds is 0.